The molecular weight excluding hydrogens is 380 g/mol. The summed E-state index contributed by atoms with van der Waals surface area (Å²) in [5.74, 6) is -0.477. The Morgan fingerprint density at radius 3 is 2.03 bits per heavy atom. The molecule has 0 atom stereocenters. The lowest BCUT2D eigenvalue weighted by Crippen LogP contribution is -2.05. The van der Waals surface area contributed by atoms with E-state index in [1.54, 1.807) is 18.2 Å². The molecular formula is C24H18N2O4. The molecule has 0 aliphatic carbocycles. The molecule has 6 nitrogen and oxygen atoms in total. The number of nitro benzene ring substituents is 1. The van der Waals surface area contributed by atoms with Crippen molar-refractivity contribution >= 4 is 11.7 Å². The van der Waals surface area contributed by atoms with Gasteiger partial charge in [0.1, 0.15) is 0 Å². The first-order chi connectivity index (χ1) is 14.6. The van der Waals surface area contributed by atoms with Gasteiger partial charge in [-0.05, 0) is 41.5 Å². The second-order valence-corrected chi connectivity index (χ2v) is 6.62. The van der Waals surface area contributed by atoms with Crippen molar-refractivity contribution in [1.29, 1.82) is 0 Å². The normalized spacial score (nSPS) is 10.6. The number of carbonyl (C=O) groups is 1. The first kappa shape index (κ1) is 19.1. The van der Waals surface area contributed by atoms with Crippen molar-refractivity contribution in [2.75, 3.05) is 7.11 Å². The summed E-state index contributed by atoms with van der Waals surface area (Å²) in [7, 11) is 1.34. The summed E-state index contributed by atoms with van der Waals surface area (Å²) in [6.45, 7) is 0. The number of carbonyl (C=O) groups excluding carboxylic acids is 1. The van der Waals surface area contributed by atoms with Crippen LogP contribution in [0, 0.1) is 10.1 Å². The number of non-ortho nitro benzene ring substituents is 1. The summed E-state index contributed by atoms with van der Waals surface area (Å²) < 4.78 is 7.01. The second-order valence-electron chi connectivity index (χ2n) is 6.62. The fraction of sp³-hybridized carbons (Fsp3) is 0.0417. The fourth-order valence-electron chi connectivity index (χ4n) is 3.47. The first-order valence-electron chi connectivity index (χ1n) is 9.30. The van der Waals surface area contributed by atoms with Crippen LogP contribution in [0.15, 0.2) is 91.0 Å². The number of benzene rings is 3. The number of methoxy groups -OCH3 is 1. The lowest BCUT2D eigenvalue weighted by atomic mass is 10.1. The summed E-state index contributed by atoms with van der Waals surface area (Å²) in [5.41, 5.74) is 4.26. The quantitative estimate of drug-likeness (QED) is 0.252. The Balaban J connectivity index is 2.05. The Labute approximate surface area is 173 Å². The second kappa shape index (κ2) is 8.05. The van der Waals surface area contributed by atoms with Crippen molar-refractivity contribution in [3.8, 4) is 28.2 Å². The van der Waals surface area contributed by atoms with E-state index in [4.69, 9.17) is 4.74 Å². The molecule has 6 heteroatoms. The third-order valence-corrected chi connectivity index (χ3v) is 4.84. The maximum atomic E-state index is 12.7. The number of aromatic nitrogens is 1. The topological polar surface area (TPSA) is 74.4 Å². The third kappa shape index (κ3) is 3.46. The van der Waals surface area contributed by atoms with Gasteiger partial charge < -0.3 is 9.30 Å². The molecule has 30 heavy (non-hydrogen) atoms. The number of ether oxygens (including phenoxy) is 1. The van der Waals surface area contributed by atoms with Crippen molar-refractivity contribution in [2.45, 2.75) is 0 Å². The van der Waals surface area contributed by atoms with Crippen LogP contribution in [0.5, 0.6) is 0 Å². The molecule has 0 saturated carbocycles. The van der Waals surface area contributed by atoms with Crippen LogP contribution in [0.3, 0.4) is 0 Å². The van der Waals surface area contributed by atoms with Gasteiger partial charge in [-0.2, -0.15) is 0 Å². The van der Waals surface area contributed by atoms with E-state index in [0.717, 1.165) is 16.9 Å². The van der Waals surface area contributed by atoms with Gasteiger partial charge in [-0.1, -0.05) is 48.5 Å². The van der Waals surface area contributed by atoms with Gasteiger partial charge in [-0.3, -0.25) is 10.1 Å². The Kier molecular flexibility index (Phi) is 5.13. The molecule has 1 heterocycles. The standard InChI is InChI=1S/C24H18N2O4/c1-30-24(27)21-16-22(17-8-4-2-5-9-17)25(19-10-6-3-7-11-19)23(21)18-12-14-20(15-13-18)26(28)29/h2-16H,1H3. The van der Waals surface area contributed by atoms with Gasteiger partial charge in [0, 0.05) is 17.8 Å². The highest BCUT2D eigenvalue weighted by Crippen LogP contribution is 2.36. The van der Waals surface area contributed by atoms with E-state index in [1.807, 2.05) is 65.2 Å². The number of hydrogen-bond acceptors (Lipinski definition) is 4. The van der Waals surface area contributed by atoms with Gasteiger partial charge in [0.15, 0.2) is 0 Å². The van der Waals surface area contributed by atoms with Crippen LogP contribution >= 0.6 is 0 Å². The summed E-state index contributed by atoms with van der Waals surface area (Å²) >= 11 is 0. The predicted octanol–water partition coefficient (Wildman–Crippen LogP) is 5.51. The molecule has 0 bridgehead atoms. The highest BCUT2D eigenvalue weighted by Gasteiger charge is 2.24. The molecule has 4 aromatic rings. The van der Waals surface area contributed by atoms with Gasteiger partial charge in [-0.25, -0.2) is 4.79 Å². The van der Waals surface area contributed by atoms with Crippen LogP contribution in [-0.4, -0.2) is 22.6 Å². The van der Waals surface area contributed by atoms with Crippen LogP contribution in [-0.2, 0) is 4.74 Å². The minimum Gasteiger partial charge on any atom is -0.465 e. The van der Waals surface area contributed by atoms with Crippen molar-refractivity contribution in [3.63, 3.8) is 0 Å². The molecule has 0 radical (unpaired) electrons. The van der Waals surface area contributed by atoms with Crippen LogP contribution in [0.4, 0.5) is 5.69 Å². The zero-order valence-corrected chi connectivity index (χ0v) is 16.2. The van der Waals surface area contributed by atoms with Crippen LogP contribution in [0.2, 0.25) is 0 Å². The molecule has 0 saturated heterocycles. The van der Waals surface area contributed by atoms with Gasteiger partial charge in [-0.15, -0.1) is 0 Å². The Morgan fingerprint density at radius 1 is 0.867 bits per heavy atom. The van der Waals surface area contributed by atoms with Gasteiger partial charge >= 0.3 is 5.97 Å². The maximum absolute atomic E-state index is 12.7. The molecule has 0 N–H and O–H groups in total. The van der Waals surface area contributed by atoms with E-state index >= 15 is 0 Å². The Hall–Kier alpha value is -4.19. The summed E-state index contributed by atoms with van der Waals surface area (Å²) in [6.07, 6.45) is 0. The predicted molar refractivity (Wildman–Crippen MR) is 115 cm³/mol. The molecule has 3 aromatic carbocycles. The van der Waals surface area contributed by atoms with Gasteiger partial charge in [0.25, 0.3) is 5.69 Å². The van der Waals surface area contributed by atoms with Gasteiger partial charge in [0.05, 0.1) is 29.0 Å². The summed E-state index contributed by atoms with van der Waals surface area (Å²) in [5, 5.41) is 11.1. The molecule has 4 rings (SSSR count). The zero-order valence-electron chi connectivity index (χ0n) is 16.2. The van der Waals surface area contributed by atoms with E-state index < -0.39 is 10.9 Å². The average molecular weight is 398 g/mol. The van der Waals surface area contributed by atoms with E-state index in [-0.39, 0.29) is 5.69 Å². The molecule has 0 unspecified atom stereocenters. The number of nitrogens with zero attached hydrogens (tertiary/aromatic N) is 2. The number of hydrogen-bond donors (Lipinski definition) is 0. The minimum atomic E-state index is -0.477. The largest absolute Gasteiger partial charge is 0.465 e. The fourth-order valence-corrected chi connectivity index (χ4v) is 3.47. The summed E-state index contributed by atoms with van der Waals surface area (Å²) in [4.78, 5) is 23.3. The number of nitro groups is 1. The molecule has 0 aliphatic rings. The molecule has 148 valence electrons. The van der Waals surface area contributed by atoms with Crippen molar-refractivity contribution in [3.05, 3.63) is 107 Å². The van der Waals surface area contributed by atoms with E-state index in [0.29, 0.717) is 16.8 Å². The Morgan fingerprint density at radius 2 is 1.47 bits per heavy atom. The molecule has 0 fully saturated rings. The SMILES string of the molecule is COC(=O)c1cc(-c2ccccc2)n(-c2ccccc2)c1-c1ccc([N+](=O)[O-])cc1. The van der Waals surface area contributed by atoms with E-state index in [2.05, 4.69) is 0 Å². The number of rotatable bonds is 5. The van der Waals surface area contributed by atoms with Crippen molar-refractivity contribution in [1.82, 2.24) is 4.57 Å². The highest BCUT2D eigenvalue weighted by molar-refractivity contribution is 5.99. The monoisotopic (exact) mass is 398 g/mol. The summed E-state index contributed by atoms with van der Waals surface area (Å²) in [6, 6.07) is 27.3. The van der Waals surface area contributed by atoms with E-state index in [1.165, 1.54) is 19.2 Å². The Bertz CT molecular complexity index is 1200. The lowest BCUT2D eigenvalue weighted by Gasteiger charge is -2.15. The van der Waals surface area contributed by atoms with Crippen LogP contribution < -0.4 is 0 Å². The number of para-hydroxylation sites is 1. The smallest absolute Gasteiger partial charge is 0.340 e. The van der Waals surface area contributed by atoms with E-state index in [9.17, 15) is 14.9 Å². The lowest BCUT2D eigenvalue weighted by molar-refractivity contribution is -0.384. The molecule has 0 aliphatic heterocycles. The molecule has 0 amide bonds. The number of esters is 1. The first-order valence-corrected chi connectivity index (χ1v) is 9.30. The zero-order chi connectivity index (χ0) is 21.1. The highest BCUT2D eigenvalue weighted by atomic mass is 16.6. The molecule has 0 spiro atoms. The van der Waals surface area contributed by atoms with Crippen molar-refractivity contribution in [2.24, 2.45) is 0 Å². The van der Waals surface area contributed by atoms with Crippen LogP contribution in [0.1, 0.15) is 10.4 Å². The molecule has 1 aromatic heterocycles. The minimum absolute atomic E-state index is 0.0144. The van der Waals surface area contributed by atoms with Crippen LogP contribution in [0.25, 0.3) is 28.2 Å². The van der Waals surface area contributed by atoms with Crippen molar-refractivity contribution < 1.29 is 14.5 Å². The van der Waals surface area contributed by atoms with Gasteiger partial charge in [0.2, 0.25) is 0 Å². The average Bonchev–Trinajstić information content (AvgIpc) is 3.20. The third-order valence-electron chi connectivity index (χ3n) is 4.84. The maximum Gasteiger partial charge on any atom is 0.340 e.